The molecule has 109 heavy (non-hydrogen) atoms. The topological polar surface area (TPSA) is 6.48 Å². The van der Waals surface area contributed by atoms with Crippen molar-refractivity contribution in [3.8, 4) is 122 Å². The predicted molar refractivity (Wildman–Crippen MR) is 467 cm³/mol. The zero-order valence-corrected chi connectivity index (χ0v) is 63.2. The van der Waals surface area contributed by atoms with Gasteiger partial charge in [-0.2, -0.15) is 0 Å². The van der Waals surface area contributed by atoms with Crippen molar-refractivity contribution < 1.29 is 0 Å². The molecule has 2 aliphatic rings. The number of aryl methyl sites for hydroxylation is 2. The number of hydrogen-bond acceptors (Lipinski definition) is 2. The molecule has 2 heterocycles. The van der Waals surface area contributed by atoms with Crippen LogP contribution in [0.15, 0.2) is 370 Å². The van der Waals surface area contributed by atoms with E-state index < -0.39 is 0 Å². The van der Waals surface area contributed by atoms with Gasteiger partial charge in [0.05, 0.1) is 11.4 Å². The predicted octanol–water partition coefficient (Wildman–Crippen LogP) is 27.3. The largest absolute Gasteiger partial charge is 0.310 e. The molecular formula is C106H85BN2. The van der Waals surface area contributed by atoms with E-state index in [-0.39, 0.29) is 17.5 Å². The van der Waals surface area contributed by atoms with E-state index in [1.807, 2.05) is 0 Å². The van der Waals surface area contributed by atoms with E-state index in [2.05, 4.69) is 435 Å². The molecule has 0 aliphatic carbocycles. The van der Waals surface area contributed by atoms with Crippen molar-refractivity contribution in [3.05, 3.63) is 392 Å². The Morgan fingerprint density at radius 2 is 0.450 bits per heavy atom. The normalized spacial score (nSPS) is 12.3. The van der Waals surface area contributed by atoms with Crippen molar-refractivity contribution in [1.29, 1.82) is 0 Å². The van der Waals surface area contributed by atoms with Crippen LogP contribution in [0.4, 0.5) is 34.1 Å². The molecule has 16 aromatic rings. The summed E-state index contributed by atoms with van der Waals surface area (Å²) in [5.41, 5.74) is 40.5. The summed E-state index contributed by atoms with van der Waals surface area (Å²) in [6, 6.07) is 140. The lowest BCUT2D eigenvalue weighted by molar-refractivity contribution is 0.590. The van der Waals surface area contributed by atoms with Gasteiger partial charge >= 0.3 is 0 Å². The molecule has 0 saturated carbocycles. The van der Waals surface area contributed by atoms with Crippen molar-refractivity contribution in [2.75, 3.05) is 9.80 Å². The molecule has 0 N–H and O–H groups in total. The SMILES string of the molecule is Cc1cc(-c2ccccc2-c2ccccc2)c(N2c3ccc(-c4ccc(C(C)(C)C)cc4)cc3B3c4cc(-c5ccc(C(C)(C)C)cc5)ccc4N(c4c(-c5ccccc5-c5ccccc5)cc(C)cc4-c4ccccc4-c4ccccc4)c4cc(-c5ccccc5)cc2c43)c(-c2ccccc2-c2ccccc2)c1. The summed E-state index contributed by atoms with van der Waals surface area (Å²) in [5.74, 6) is 0. The number of rotatable bonds is 13. The van der Waals surface area contributed by atoms with Crippen LogP contribution in [-0.4, -0.2) is 6.71 Å². The van der Waals surface area contributed by atoms with Crippen LogP contribution in [0.2, 0.25) is 0 Å². The molecule has 0 amide bonds. The molecule has 522 valence electrons. The summed E-state index contributed by atoms with van der Waals surface area (Å²) in [4.78, 5) is 5.45. The number of nitrogens with zero attached hydrogens (tertiary/aromatic N) is 2. The molecule has 2 aliphatic heterocycles. The van der Waals surface area contributed by atoms with E-state index in [4.69, 9.17) is 0 Å². The van der Waals surface area contributed by atoms with E-state index in [1.165, 1.54) is 38.6 Å². The third-order valence-corrected chi connectivity index (χ3v) is 22.5. The van der Waals surface area contributed by atoms with Gasteiger partial charge in [-0.25, -0.2) is 0 Å². The fourth-order valence-electron chi connectivity index (χ4n) is 17.2. The molecular weight excluding hydrogens is 1310 g/mol. The minimum absolute atomic E-state index is 0.0256. The summed E-state index contributed by atoms with van der Waals surface area (Å²) >= 11 is 0. The Labute approximate surface area is 643 Å². The van der Waals surface area contributed by atoms with E-state index in [1.54, 1.807) is 0 Å². The van der Waals surface area contributed by atoms with Gasteiger partial charge in [0.1, 0.15) is 0 Å². The molecule has 0 radical (unpaired) electrons. The van der Waals surface area contributed by atoms with Gasteiger partial charge in [0.2, 0.25) is 0 Å². The summed E-state index contributed by atoms with van der Waals surface area (Å²) in [6.07, 6.45) is 0. The van der Waals surface area contributed by atoms with Crippen LogP contribution in [0.25, 0.3) is 122 Å². The fourth-order valence-corrected chi connectivity index (χ4v) is 17.2. The first kappa shape index (κ1) is 68.0. The molecule has 0 unspecified atom stereocenters. The standard InChI is InChI=1S/C106H85BN2/c1-70-62-92(88-46-28-24-42-84(88)75-34-16-10-17-35-75)103(93(63-70)89-47-29-25-43-85(89)76-36-18-11-19-37-76)108-98-60-54-79(73-50-56-82(57-51-73)105(3,4)5)66-96(98)107-97-67-80(74-52-58-83(59-53-74)106(6,7)8)55-61-99(97)109(101-69-81(68-100(108)102(101)107)72-32-14-9-15-33-72)104-94(90-48-30-26-44-86(90)77-38-20-12-21-39-77)64-71(2)65-95(104)91-49-31-27-45-87(91)78-40-22-13-23-41-78/h9-69H,1-8H3. The van der Waals surface area contributed by atoms with Gasteiger partial charge in [-0.05, 0) is 212 Å². The highest BCUT2D eigenvalue weighted by atomic mass is 15.2. The zero-order chi connectivity index (χ0) is 74.1. The molecule has 0 bridgehead atoms. The highest BCUT2D eigenvalue weighted by molar-refractivity contribution is 7.00. The lowest BCUT2D eigenvalue weighted by Gasteiger charge is -2.46. The van der Waals surface area contributed by atoms with Crippen LogP contribution in [-0.2, 0) is 10.8 Å². The first-order valence-corrected chi connectivity index (χ1v) is 38.4. The molecule has 0 saturated heterocycles. The quantitative estimate of drug-likeness (QED) is 0.106. The van der Waals surface area contributed by atoms with Gasteiger partial charge in [-0.15, -0.1) is 0 Å². The average molecular weight is 1400 g/mol. The first-order chi connectivity index (χ1) is 53.2. The van der Waals surface area contributed by atoms with Gasteiger partial charge in [0.25, 0.3) is 6.71 Å². The lowest BCUT2D eigenvalue weighted by Crippen LogP contribution is -2.61. The Morgan fingerprint density at radius 1 is 0.202 bits per heavy atom. The van der Waals surface area contributed by atoms with E-state index in [0.29, 0.717) is 0 Å². The second-order valence-electron chi connectivity index (χ2n) is 31.7. The van der Waals surface area contributed by atoms with Crippen LogP contribution >= 0.6 is 0 Å². The lowest BCUT2D eigenvalue weighted by atomic mass is 9.33. The van der Waals surface area contributed by atoms with E-state index in [9.17, 15) is 0 Å². The average Bonchev–Trinajstić information content (AvgIpc) is 0.685. The monoisotopic (exact) mass is 1400 g/mol. The maximum absolute atomic E-state index is 2.72. The highest BCUT2D eigenvalue weighted by Gasteiger charge is 2.46. The van der Waals surface area contributed by atoms with Crippen molar-refractivity contribution >= 4 is 57.2 Å². The first-order valence-electron chi connectivity index (χ1n) is 38.4. The zero-order valence-electron chi connectivity index (χ0n) is 63.2. The number of hydrogen-bond donors (Lipinski definition) is 0. The molecule has 0 fully saturated rings. The summed E-state index contributed by atoms with van der Waals surface area (Å²) in [6.45, 7) is 18.1. The highest BCUT2D eigenvalue weighted by Crippen LogP contribution is 2.57. The Kier molecular flexibility index (Phi) is 17.4. The minimum atomic E-state index is -0.300. The van der Waals surface area contributed by atoms with Gasteiger partial charge in [0, 0.05) is 45.0 Å². The van der Waals surface area contributed by atoms with Crippen LogP contribution in [0.5, 0.6) is 0 Å². The molecule has 0 atom stereocenters. The Morgan fingerprint density at radius 3 is 0.734 bits per heavy atom. The Balaban J connectivity index is 1.04. The van der Waals surface area contributed by atoms with Crippen molar-refractivity contribution in [1.82, 2.24) is 0 Å². The van der Waals surface area contributed by atoms with Crippen LogP contribution in [0, 0.1) is 13.8 Å². The minimum Gasteiger partial charge on any atom is -0.310 e. The Hall–Kier alpha value is -12.8. The molecule has 2 nitrogen and oxygen atoms in total. The second-order valence-corrected chi connectivity index (χ2v) is 31.7. The number of fused-ring (bicyclic) bond motifs is 4. The maximum Gasteiger partial charge on any atom is 0.252 e. The van der Waals surface area contributed by atoms with Gasteiger partial charge in [-0.1, -0.05) is 363 Å². The van der Waals surface area contributed by atoms with E-state index in [0.717, 1.165) is 157 Å². The third kappa shape index (κ3) is 12.5. The van der Waals surface area contributed by atoms with Crippen LogP contribution < -0.4 is 26.2 Å². The fraction of sp³-hybridized carbons (Fsp3) is 0.0943. The molecule has 3 heteroatoms. The number of anilines is 6. The summed E-state index contributed by atoms with van der Waals surface area (Å²) in [7, 11) is 0. The maximum atomic E-state index is 2.72. The van der Waals surface area contributed by atoms with Crippen LogP contribution in [0.1, 0.15) is 63.8 Å². The van der Waals surface area contributed by atoms with Crippen LogP contribution in [0.3, 0.4) is 0 Å². The van der Waals surface area contributed by atoms with Gasteiger partial charge in [0.15, 0.2) is 0 Å². The summed E-state index contributed by atoms with van der Waals surface area (Å²) in [5, 5.41) is 0. The number of benzene rings is 16. The van der Waals surface area contributed by atoms with Crippen molar-refractivity contribution in [3.63, 3.8) is 0 Å². The smallest absolute Gasteiger partial charge is 0.252 e. The molecule has 16 aromatic carbocycles. The molecule has 18 rings (SSSR count). The molecule has 0 aromatic heterocycles. The van der Waals surface area contributed by atoms with E-state index >= 15 is 0 Å². The van der Waals surface area contributed by atoms with Crippen molar-refractivity contribution in [2.45, 2.75) is 66.2 Å². The Bertz CT molecular complexity index is 5550. The third-order valence-electron chi connectivity index (χ3n) is 22.5. The molecule has 0 spiro atoms. The van der Waals surface area contributed by atoms with Gasteiger partial charge < -0.3 is 9.80 Å². The van der Waals surface area contributed by atoms with Crippen molar-refractivity contribution in [2.24, 2.45) is 0 Å². The van der Waals surface area contributed by atoms with Gasteiger partial charge in [-0.3, -0.25) is 0 Å². The second kappa shape index (κ2) is 27.8. The summed E-state index contributed by atoms with van der Waals surface area (Å²) < 4.78 is 0.